The Bertz CT molecular complexity index is 874. The van der Waals surface area contributed by atoms with Crippen molar-refractivity contribution in [3.63, 3.8) is 0 Å². The normalized spacial score (nSPS) is 11.4. The van der Waals surface area contributed by atoms with Gasteiger partial charge in [-0.1, -0.05) is 19.0 Å². The van der Waals surface area contributed by atoms with Crippen LogP contribution in [0.3, 0.4) is 0 Å². The number of pyridine rings is 1. The summed E-state index contributed by atoms with van der Waals surface area (Å²) in [5, 5.41) is 10.6. The van der Waals surface area contributed by atoms with Gasteiger partial charge >= 0.3 is 0 Å². The third-order valence-electron chi connectivity index (χ3n) is 3.94. The van der Waals surface area contributed by atoms with Crippen molar-refractivity contribution in [2.45, 2.75) is 39.8 Å². The van der Waals surface area contributed by atoms with Crippen molar-refractivity contribution in [1.82, 2.24) is 30.3 Å². The van der Waals surface area contributed by atoms with Gasteiger partial charge in [0, 0.05) is 31.2 Å². The van der Waals surface area contributed by atoms with Crippen molar-refractivity contribution in [1.29, 1.82) is 0 Å². The molecule has 0 saturated heterocycles. The first-order chi connectivity index (χ1) is 13.2. The SMILES string of the molecule is CCNC(=NCc1ccnc(-n2ccnc2)c1)NCc1cc(C(C)C)no1.I. The summed E-state index contributed by atoms with van der Waals surface area (Å²) < 4.78 is 7.23. The van der Waals surface area contributed by atoms with Crippen LogP contribution < -0.4 is 10.6 Å². The lowest BCUT2D eigenvalue weighted by Gasteiger charge is -2.10. The van der Waals surface area contributed by atoms with E-state index in [4.69, 9.17) is 4.52 Å². The molecular formula is C19H26IN7O. The lowest BCUT2D eigenvalue weighted by Crippen LogP contribution is -2.36. The molecule has 0 radical (unpaired) electrons. The minimum Gasteiger partial charge on any atom is -0.359 e. The Morgan fingerprint density at radius 3 is 2.79 bits per heavy atom. The molecule has 3 rings (SSSR count). The predicted octanol–water partition coefficient (Wildman–Crippen LogP) is 3.25. The van der Waals surface area contributed by atoms with E-state index >= 15 is 0 Å². The number of nitrogens with zero attached hydrogens (tertiary/aromatic N) is 5. The molecule has 3 heterocycles. The zero-order valence-corrected chi connectivity index (χ0v) is 18.6. The average molecular weight is 495 g/mol. The lowest BCUT2D eigenvalue weighted by atomic mass is 10.1. The van der Waals surface area contributed by atoms with Crippen LogP contribution in [0.1, 0.15) is 43.7 Å². The molecule has 0 aliphatic carbocycles. The molecule has 0 unspecified atom stereocenters. The summed E-state index contributed by atoms with van der Waals surface area (Å²) in [5.74, 6) is 2.68. The van der Waals surface area contributed by atoms with Gasteiger partial charge in [0.05, 0.1) is 18.8 Å². The first-order valence-electron chi connectivity index (χ1n) is 9.06. The summed E-state index contributed by atoms with van der Waals surface area (Å²) in [6.07, 6.45) is 7.10. The molecule has 150 valence electrons. The van der Waals surface area contributed by atoms with Gasteiger partial charge in [0.15, 0.2) is 11.7 Å². The maximum atomic E-state index is 5.36. The minimum atomic E-state index is 0. The number of halogens is 1. The topological polar surface area (TPSA) is 93.2 Å². The van der Waals surface area contributed by atoms with Crippen molar-refractivity contribution in [2.75, 3.05) is 6.54 Å². The first kappa shape index (κ1) is 21.9. The van der Waals surface area contributed by atoms with Crippen molar-refractivity contribution in [2.24, 2.45) is 4.99 Å². The molecule has 0 spiro atoms. The number of aromatic nitrogens is 4. The van der Waals surface area contributed by atoms with Gasteiger partial charge in [0.1, 0.15) is 12.1 Å². The standard InChI is InChI=1S/C19H25N7O.HI/c1-4-21-19(24-12-16-10-17(14(2)3)25-27-16)23-11-15-5-6-22-18(9-15)26-8-7-20-13-26;/h5-10,13-14H,4,11-12H2,1-3H3,(H2,21,23,24);1H. The fourth-order valence-electron chi connectivity index (χ4n) is 2.46. The number of hydrogen-bond donors (Lipinski definition) is 2. The number of nitrogens with one attached hydrogen (secondary N) is 2. The molecule has 28 heavy (non-hydrogen) atoms. The van der Waals surface area contributed by atoms with Gasteiger partial charge in [-0.05, 0) is 30.5 Å². The number of hydrogen-bond acceptors (Lipinski definition) is 5. The van der Waals surface area contributed by atoms with Crippen LogP contribution in [0.25, 0.3) is 5.82 Å². The average Bonchev–Trinajstić information content (AvgIpc) is 3.36. The van der Waals surface area contributed by atoms with Crippen LogP contribution in [-0.4, -0.2) is 32.2 Å². The van der Waals surface area contributed by atoms with E-state index in [1.165, 1.54) is 0 Å². The second-order valence-electron chi connectivity index (χ2n) is 6.41. The van der Waals surface area contributed by atoms with Crippen LogP contribution in [0.2, 0.25) is 0 Å². The molecule has 0 atom stereocenters. The quantitative estimate of drug-likeness (QED) is 0.297. The zero-order valence-electron chi connectivity index (χ0n) is 16.3. The number of aliphatic imine (C=N–C) groups is 1. The van der Waals surface area contributed by atoms with Gasteiger partial charge < -0.3 is 15.2 Å². The second-order valence-corrected chi connectivity index (χ2v) is 6.41. The van der Waals surface area contributed by atoms with Crippen LogP contribution in [0, 0.1) is 0 Å². The van der Waals surface area contributed by atoms with E-state index in [1.54, 1.807) is 18.7 Å². The maximum Gasteiger partial charge on any atom is 0.191 e. The molecule has 8 nitrogen and oxygen atoms in total. The molecule has 0 aromatic carbocycles. The van der Waals surface area contributed by atoms with Crippen LogP contribution in [0.15, 0.2) is 52.6 Å². The van der Waals surface area contributed by atoms with Gasteiger partial charge in [-0.2, -0.15) is 0 Å². The molecule has 3 aromatic heterocycles. The predicted molar refractivity (Wildman–Crippen MR) is 119 cm³/mol. The molecule has 0 amide bonds. The molecule has 0 aliphatic heterocycles. The van der Waals surface area contributed by atoms with Crippen molar-refractivity contribution >= 4 is 29.9 Å². The smallest absolute Gasteiger partial charge is 0.191 e. The highest BCUT2D eigenvalue weighted by Crippen LogP contribution is 2.13. The number of guanidine groups is 1. The summed E-state index contributed by atoms with van der Waals surface area (Å²) in [6, 6.07) is 5.93. The van der Waals surface area contributed by atoms with Crippen molar-refractivity contribution in [3.05, 3.63) is 60.1 Å². The lowest BCUT2D eigenvalue weighted by molar-refractivity contribution is 0.372. The Morgan fingerprint density at radius 1 is 1.25 bits per heavy atom. The largest absolute Gasteiger partial charge is 0.359 e. The second kappa shape index (κ2) is 10.8. The molecule has 0 bridgehead atoms. The van der Waals surface area contributed by atoms with Crippen LogP contribution in [-0.2, 0) is 13.1 Å². The van der Waals surface area contributed by atoms with Gasteiger partial charge in [0.25, 0.3) is 0 Å². The zero-order chi connectivity index (χ0) is 19.1. The number of imidazole rings is 1. The Labute approximate surface area is 181 Å². The van der Waals surface area contributed by atoms with E-state index in [9.17, 15) is 0 Å². The van der Waals surface area contributed by atoms with Crippen molar-refractivity contribution in [3.8, 4) is 5.82 Å². The van der Waals surface area contributed by atoms with Gasteiger partial charge in [0.2, 0.25) is 0 Å². The van der Waals surface area contributed by atoms with E-state index in [2.05, 4.69) is 44.6 Å². The highest BCUT2D eigenvalue weighted by Gasteiger charge is 2.08. The Balaban J connectivity index is 0.00000280. The van der Waals surface area contributed by atoms with E-state index in [1.807, 2.05) is 35.9 Å². The van der Waals surface area contributed by atoms with Gasteiger partial charge in [-0.15, -0.1) is 24.0 Å². The van der Waals surface area contributed by atoms with E-state index in [-0.39, 0.29) is 24.0 Å². The highest BCUT2D eigenvalue weighted by atomic mass is 127. The Hall–Kier alpha value is -2.43. The van der Waals surface area contributed by atoms with Crippen molar-refractivity contribution < 1.29 is 4.52 Å². The number of rotatable bonds is 7. The van der Waals surface area contributed by atoms with E-state index in [0.717, 1.165) is 35.3 Å². The molecule has 0 saturated carbocycles. The maximum absolute atomic E-state index is 5.36. The molecular weight excluding hydrogens is 469 g/mol. The van der Waals surface area contributed by atoms with Crippen LogP contribution >= 0.6 is 24.0 Å². The van der Waals surface area contributed by atoms with E-state index < -0.39 is 0 Å². The molecule has 3 aromatic rings. The third-order valence-corrected chi connectivity index (χ3v) is 3.94. The van der Waals surface area contributed by atoms with Crippen LogP contribution in [0.4, 0.5) is 0 Å². The Morgan fingerprint density at radius 2 is 2.11 bits per heavy atom. The Kier molecular flexibility index (Phi) is 8.42. The van der Waals surface area contributed by atoms with Crippen LogP contribution in [0.5, 0.6) is 0 Å². The fourth-order valence-corrected chi connectivity index (χ4v) is 2.46. The third kappa shape index (κ3) is 6.04. The monoisotopic (exact) mass is 495 g/mol. The first-order valence-corrected chi connectivity index (χ1v) is 9.06. The van der Waals surface area contributed by atoms with Gasteiger partial charge in [-0.25, -0.2) is 15.0 Å². The summed E-state index contributed by atoms with van der Waals surface area (Å²) in [5.41, 5.74) is 2.02. The summed E-state index contributed by atoms with van der Waals surface area (Å²) in [4.78, 5) is 13.1. The summed E-state index contributed by atoms with van der Waals surface area (Å²) in [6.45, 7) is 8.05. The summed E-state index contributed by atoms with van der Waals surface area (Å²) >= 11 is 0. The minimum absolute atomic E-state index is 0. The summed E-state index contributed by atoms with van der Waals surface area (Å²) in [7, 11) is 0. The molecule has 0 fully saturated rings. The van der Waals surface area contributed by atoms with Gasteiger partial charge in [-0.3, -0.25) is 4.57 Å². The molecule has 0 aliphatic rings. The van der Waals surface area contributed by atoms with E-state index in [0.29, 0.717) is 19.0 Å². The molecule has 9 heteroatoms. The fraction of sp³-hybridized carbons (Fsp3) is 0.368. The highest BCUT2D eigenvalue weighted by molar-refractivity contribution is 14.0. The molecule has 2 N–H and O–H groups in total.